The minimum absolute atomic E-state index is 0.811. The Morgan fingerprint density at radius 1 is 0.739 bits per heavy atom. The van der Waals surface area contributed by atoms with Crippen LogP contribution in [0.25, 0.3) is 11.4 Å². The van der Waals surface area contributed by atoms with Gasteiger partial charge in [0, 0.05) is 22.9 Å². The van der Waals surface area contributed by atoms with Gasteiger partial charge in [-0.3, -0.25) is 0 Å². The van der Waals surface area contributed by atoms with Gasteiger partial charge in [0.15, 0.2) is 5.82 Å². The van der Waals surface area contributed by atoms with Crippen molar-refractivity contribution in [2.45, 2.75) is 65.2 Å². The maximum Gasteiger partial charge on any atom is 0.163 e. The van der Waals surface area contributed by atoms with Crippen LogP contribution in [-0.4, -0.2) is 15.0 Å². The summed E-state index contributed by atoms with van der Waals surface area (Å²) in [6.07, 6.45) is 9.07. The second-order valence-corrected chi connectivity index (χ2v) is 6.83. The molecule has 0 saturated heterocycles. The first-order valence-electron chi connectivity index (χ1n) is 8.72. The molecule has 2 aromatic rings. The molecular formula is C19H26BrN3. The Labute approximate surface area is 148 Å². The van der Waals surface area contributed by atoms with E-state index in [1.165, 1.54) is 25.7 Å². The maximum atomic E-state index is 4.70. The fourth-order valence-corrected chi connectivity index (χ4v) is 2.75. The third kappa shape index (κ3) is 6.02. The maximum absolute atomic E-state index is 4.70. The smallest absolute Gasteiger partial charge is 0.163 e. The van der Waals surface area contributed by atoms with Crippen LogP contribution in [0.15, 0.2) is 28.7 Å². The molecule has 1 aromatic heterocycles. The molecule has 0 atom stereocenters. The fourth-order valence-electron chi connectivity index (χ4n) is 2.49. The first-order valence-corrected chi connectivity index (χ1v) is 9.52. The number of rotatable bonds is 9. The highest BCUT2D eigenvalue weighted by Crippen LogP contribution is 2.19. The molecule has 23 heavy (non-hydrogen) atoms. The molecule has 0 aliphatic carbocycles. The molecule has 1 aromatic carbocycles. The van der Waals surface area contributed by atoms with Gasteiger partial charge in [0.1, 0.15) is 11.6 Å². The van der Waals surface area contributed by atoms with E-state index in [1.54, 1.807) is 0 Å². The lowest BCUT2D eigenvalue weighted by molar-refractivity contribution is 0.661. The molecule has 0 bridgehead atoms. The van der Waals surface area contributed by atoms with Crippen molar-refractivity contribution in [3.63, 3.8) is 0 Å². The molecule has 0 N–H and O–H groups in total. The summed E-state index contributed by atoms with van der Waals surface area (Å²) >= 11 is 3.48. The predicted molar refractivity (Wildman–Crippen MR) is 99.4 cm³/mol. The zero-order valence-electron chi connectivity index (χ0n) is 14.2. The van der Waals surface area contributed by atoms with Crippen molar-refractivity contribution in [3.05, 3.63) is 40.4 Å². The molecule has 0 radical (unpaired) electrons. The highest BCUT2D eigenvalue weighted by molar-refractivity contribution is 9.10. The van der Waals surface area contributed by atoms with E-state index in [9.17, 15) is 0 Å². The number of aryl methyl sites for hydroxylation is 2. The first kappa shape index (κ1) is 18.1. The van der Waals surface area contributed by atoms with Crippen molar-refractivity contribution in [2.75, 3.05) is 0 Å². The average molecular weight is 376 g/mol. The Morgan fingerprint density at radius 3 is 1.74 bits per heavy atom. The third-order valence-electron chi connectivity index (χ3n) is 3.84. The van der Waals surface area contributed by atoms with E-state index in [0.717, 1.165) is 53.2 Å². The molecule has 0 aliphatic rings. The Balaban J connectivity index is 2.22. The monoisotopic (exact) mass is 375 g/mol. The average Bonchev–Trinajstić information content (AvgIpc) is 2.56. The van der Waals surface area contributed by atoms with Crippen LogP contribution in [0.1, 0.15) is 64.0 Å². The fraction of sp³-hybridized carbons (Fsp3) is 0.526. The second-order valence-electron chi connectivity index (χ2n) is 5.91. The van der Waals surface area contributed by atoms with Gasteiger partial charge in [0.25, 0.3) is 0 Å². The Kier molecular flexibility index (Phi) is 7.66. The molecule has 0 unspecified atom stereocenters. The number of hydrogen-bond donors (Lipinski definition) is 0. The van der Waals surface area contributed by atoms with Gasteiger partial charge in [-0.25, -0.2) is 15.0 Å². The summed E-state index contributed by atoms with van der Waals surface area (Å²) in [6, 6.07) is 8.19. The van der Waals surface area contributed by atoms with E-state index in [-0.39, 0.29) is 0 Å². The van der Waals surface area contributed by atoms with Crippen molar-refractivity contribution >= 4 is 15.9 Å². The SMILES string of the molecule is CCCCCc1nc(CCCCC)nc(-c2ccc(Br)cc2)n1. The normalized spacial score (nSPS) is 10.9. The zero-order valence-corrected chi connectivity index (χ0v) is 15.8. The van der Waals surface area contributed by atoms with Crippen LogP contribution in [0.2, 0.25) is 0 Å². The highest BCUT2D eigenvalue weighted by atomic mass is 79.9. The van der Waals surface area contributed by atoms with Gasteiger partial charge in [-0.05, 0) is 25.0 Å². The molecule has 124 valence electrons. The molecule has 2 rings (SSSR count). The zero-order chi connectivity index (χ0) is 16.5. The lowest BCUT2D eigenvalue weighted by Gasteiger charge is -2.08. The summed E-state index contributed by atoms with van der Waals surface area (Å²) < 4.78 is 1.07. The van der Waals surface area contributed by atoms with Gasteiger partial charge in [0.05, 0.1) is 0 Å². The Hall–Kier alpha value is -1.29. The summed E-state index contributed by atoms with van der Waals surface area (Å²) in [6.45, 7) is 4.44. The van der Waals surface area contributed by atoms with Crippen molar-refractivity contribution in [3.8, 4) is 11.4 Å². The molecule has 0 fully saturated rings. The molecule has 0 saturated carbocycles. The van der Waals surface area contributed by atoms with Crippen LogP contribution in [0.3, 0.4) is 0 Å². The number of benzene rings is 1. The number of nitrogens with zero attached hydrogens (tertiary/aromatic N) is 3. The minimum Gasteiger partial charge on any atom is -0.218 e. The van der Waals surface area contributed by atoms with Crippen molar-refractivity contribution in [1.29, 1.82) is 0 Å². The second kappa shape index (κ2) is 9.76. The van der Waals surface area contributed by atoms with Gasteiger partial charge in [-0.15, -0.1) is 0 Å². The first-order chi connectivity index (χ1) is 11.2. The standard InChI is InChI=1S/C19H26BrN3/c1-3-5-7-9-17-21-18(10-8-6-4-2)23-19(22-17)15-11-13-16(20)14-12-15/h11-14H,3-10H2,1-2H3. The van der Waals surface area contributed by atoms with Crippen LogP contribution in [0, 0.1) is 0 Å². The van der Waals surface area contributed by atoms with E-state index in [1.807, 2.05) is 12.1 Å². The van der Waals surface area contributed by atoms with Gasteiger partial charge in [-0.1, -0.05) is 67.6 Å². The van der Waals surface area contributed by atoms with Gasteiger partial charge < -0.3 is 0 Å². The molecular weight excluding hydrogens is 350 g/mol. The molecule has 1 heterocycles. The van der Waals surface area contributed by atoms with Gasteiger partial charge >= 0.3 is 0 Å². The summed E-state index contributed by atoms with van der Waals surface area (Å²) in [4.78, 5) is 14.1. The van der Waals surface area contributed by atoms with E-state index < -0.39 is 0 Å². The summed E-state index contributed by atoms with van der Waals surface area (Å²) in [5, 5.41) is 0. The summed E-state index contributed by atoms with van der Waals surface area (Å²) in [5.74, 6) is 2.70. The van der Waals surface area contributed by atoms with Gasteiger partial charge in [0.2, 0.25) is 0 Å². The van der Waals surface area contributed by atoms with E-state index in [4.69, 9.17) is 9.97 Å². The molecule has 3 nitrogen and oxygen atoms in total. The number of hydrogen-bond acceptors (Lipinski definition) is 3. The van der Waals surface area contributed by atoms with Crippen LogP contribution in [0.5, 0.6) is 0 Å². The van der Waals surface area contributed by atoms with E-state index in [0.29, 0.717) is 0 Å². The molecule has 4 heteroatoms. The van der Waals surface area contributed by atoms with Gasteiger partial charge in [-0.2, -0.15) is 0 Å². The molecule has 0 aliphatic heterocycles. The van der Waals surface area contributed by atoms with Crippen LogP contribution in [0.4, 0.5) is 0 Å². The van der Waals surface area contributed by atoms with Crippen molar-refractivity contribution in [1.82, 2.24) is 15.0 Å². The van der Waals surface area contributed by atoms with Crippen molar-refractivity contribution in [2.24, 2.45) is 0 Å². The number of halogens is 1. The van der Waals surface area contributed by atoms with Crippen LogP contribution in [-0.2, 0) is 12.8 Å². The summed E-state index contributed by atoms with van der Waals surface area (Å²) in [7, 11) is 0. The number of aromatic nitrogens is 3. The largest absolute Gasteiger partial charge is 0.218 e. The lowest BCUT2D eigenvalue weighted by Crippen LogP contribution is -2.06. The number of unbranched alkanes of at least 4 members (excludes halogenated alkanes) is 4. The topological polar surface area (TPSA) is 38.7 Å². The minimum atomic E-state index is 0.811. The predicted octanol–water partition coefficient (Wildman–Crippen LogP) is 5.77. The van der Waals surface area contributed by atoms with E-state index >= 15 is 0 Å². The Morgan fingerprint density at radius 2 is 1.26 bits per heavy atom. The lowest BCUT2D eigenvalue weighted by atomic mass is 10.1. The van der Waals surface area contributed by atoms with E-state index in [2.05, 4.69) is 46.9 Å². The van der Waals surface area contributed by atoms with Crippen LogP contribution < -0.4 is 0 Å². The van der Waals surface area contributed by atoms with Crippen molar-refractivity contribution < 1.29 is 0 Å². The Bertz CT molecular complexity index is 568. The molecule has 0 spiro atoms. The summed E-state index contributed by atoms with van der Waals surface area (Å²) in [5.41, 5.74) is 1.06. The molecule has 0 amide bonds. The highest BCUT2D eigenvalue weighted by Gasteiger charge is 2.08. The quantitative estimate of drug-likeness (QED) is 0.522. The third-order valence-corrected chi connectivity index (χ3v) is 4.37. The van der Waals surface area contributed by atoms with Crippen LogP contribution >= 0.6 is 15.9 Å².